The molecule has 1 aromatic heterocycles. The molecule has 28 heavy (non-hydrogen) atoms. The van der Waals surface area contributed by atoms with Crippen molar-refractivity contribution in [1.29, 1.82) is 0 Å². The Kier molecular flexibility index (Phi) is 5.69. The van der Waals surface area contributed by atoms with Crippen LogP contribution < -0.4 is 19.6 Å². The number of nitrogens with zero attached hydrogens (tertiary/aromatic N) is 1. The highest BCUT2D eigenvalue weighted by atomic mass is 16.5. The molecule has 3 aromatic rings. The summed E-state index contributed by atoms with van der Waals surface area (Å²) in [5.74, 6) is 1.16. The maximum absolute atomic E-state index is 12.4. The Balaban J connectivity index is 1.74. The molecule has 0 spiro atoms. The molecule has 0 fully saturated rings. The zero-order chi connectivity index (χ0) is 20.1. The first-order chi connectivity index (χ1) is 13.5. The molecular formula is C20H21N3O5. The lowest BCUT2D eigenvalue weighted by molar-refractivity contribution is 0.0951. The van der Waals surface area contributed by atoms with Crippen LogP contribution in [0, 0.1) is 0 Å². The molecule has 0 saturated heterocycles. The van der Waals surface area contributed by atoms with Crippen molar-refractivity contribution in [2.24, 2.45) is 5.10 Å². The van der Waals surface area contributed by atoms with Gasteiger partial charge in [0.2, 0.25) is 0 Å². The Morgan fingerprint density at radius 3 is 2.61 bits per heavy atom. The third-order valence-corrected chi connectivity index (χ3v) is 4.03. The van der Waals surface area contributed by atoms with Crippen LogP contribution in [-0.4, -0.2) is 43.0 Å². The van der Waals surface area contributed by atoms with Gasteiger partial charge in [0, 0.05) is 17.0 Å². The first-order valence-electron chi connectivity index (χ1n) is 8.59. The Hall–Kier alpha value is -3.68. The van der Waals surface area contributed by atoms with Crippen molar-refractivity contribution < 1.29 is 24.1 Å². The molecule has 0 aliphatic rings. The average Bonchev–Trinajstić information content (AvgIpc) is 3.12. The van der Waals surface area contributed by atoms with Gasteiger partial charge in [-0.2, -0.15) is 5.10 Å². The van der Waals surface area contributed by atoms with E-state index in [4.69, 9.17) is 14.2 Å². The van der Waals surface area contributed by atoms with Crippen LogP contribution in [0.25, 0.3) is 10.9 Å². The van der Waals surface area contributed by atoms with E-state index in [9.17, 15) is 9.90 Å². The van der Waals surface area contributed by atoms with Gasteiger partial charge in [-0.1, -0.05) is 0 Å². The Bertz CT molecular complexity index is 985. The fourth-order valence-corrected chi connectivity index (χ4v) is 2.69. The van der Waals surface area contributed by atoms with Gasteiger partial charge in [-0.25, -0.2) is 5.43 Å². The number of ether oxygens (including phenoxy) is 3. The zero-order valence-corrected chi connectivity index (χ0v) is 15.8. The van der Waals surface area contributed by atoms with Crippen molar-refractivity contribution in [3.05, 3.63) is 47.7 Å². The van der Waals surface area contributed by atoms with Gasteiger partial charge in [0.1, 0.15) is 5.69 Å². The standard InChI is InChI=1S/C20H21N3O5/c1-4-28-17-7-12(5-6-16(17)24)11-21-23-20(25)15-8-13-9-18(26-2)19(27-3)10-14(13)22-15/h5-11,22,24H,4H2,1-3H3,(H,23,25). The second-order valence-corrected chi connectivity index (χ2v) is 5.84. The number of carbonyl (C=O) groups excluding carboxylic acids is 1. The summed E-state index contributed by atoms with van der Waals surface area (Å²) in [7, 11) is 3.11. The number of phenolic OH excluding ortho intramolecular Hbond substituents is 1. The van der Waals surface area contributed by atoms with Gasteiger partial charge in [0.15, 0.2) is 23.0 Å². The smallest absolute Gasteiger partial charge is 0.287 e. The number of benzene rings is 2. The number of amides is 1. The fraction of sp³-hybridized carbons (Fsp3) is 0.200. The summed E-state index contributed by atoms with van der Waals surface area (Å²) in [5, 5.41) is 14.5. The number of phenols is 1. The van der Waals surface area contributed by atoms with E-state index in [1.54, 1.807) is 44.6 Å². The van der Waals surface area contributed by atoms with Crippen LogP contribution in [0.2, 0.25) is 0 Å². The number of carbonyl (C=O) groups is 1. The monoisotopic (exact) mass is 383 g/mol. The Labute approximate surface area is 161 Å². The zero-order valence-electron chi connectivity index (χ0n) is 15.8. The number of fused-ring (bicyclic) bond motifs is 1. The molecule has 0 atom stereocenters. The van der Waals surface area contributed by atoms with Crippen molar-refractivity contribution >= 4 is 23.0 Å². The van der Waals surface area contributed by atoms with E-state index >= 15 is 0 Å². The molecule has 3 rings (SSSR count). The van der Waals surface area contributed by atoms with E-state index in [-0.39, 0.29) is 5.75 Å². The van der Waals surface area contributed by atoms with E-state index in [1.807, 2.05) is 6.92 Å². The van der Waals surface area contributed by atoms with Crippen molar-refractivity contribution in [3.63, 3.8) is 0 Å². The van der Waals surface area contributed by atoms with Crippen LogP contribution >= 0.6 is 0 Å². The number of hydrogen-bond acceptors (Lipinski definition) is 6. The van der Waals surface area contributed by atoms with Crippen LogP contribution in [0.4, 0.5) is 0 Å². The highest BCUT2D eigenvalue weighted by Gasteiger charge is 2.12. The van der Waals surface area contributed by atoms with E-state index in [1.165, 1.54) is 12.3 Å². The van der Waals surface area contributed by atoms with Gasteiger partial charge >= 0.3 is 0 Å². The summed E-state index contributed by atoms with van der Waals surface area (Å²) in [6.45, 7) is 2.26. The van der Waals surface area contributed by atoms with E-state index in [0.29, 0.717) is 35.1 Å². The number of hydrogen-bond donors (Lipinski definition) is 3. The third kappa shape index (κ3) is 4.01. The van der Waals surface area contributed by atoms with Crippen LogP contribution in [0.1, 0.15) is 23.0 Å². The quantitative estimate of drug-likeness (QED) is 0.430. The highest BCUT2D eigenvalue weighted by molar-refractivity contribution is 5.99. The molecule has 3 N–H and O–H groups in total. The van der Waals surface area contributed by atoms with Crippen LogP contribution in [0.3, 0.4) is 0 Å². The van der Waals surface area contributed by atoms with Gasteiger partial charge in [-0.15, -0.1) is 0 Å². The van der Waals surface area contributed by atoms with E-state index in [2.05, 4.69) is 15.5 Å². The molecule has 0 bridgehead atoms. The molecule has 0 unspecified atom stereocenters. The summed E-state index contributed by atoms with van der Waals surface area (Å²) in [5.41, 5.74) is 4.23. The minimum Gasteiger partial charge on any atom is -0.504 e. The normalized spacial score (nSPS) is 11.0. The fourth-order valence-electron chi connectivity index (χ4n) is 2.69. The highest BCUT2D eigenvalue weighted by Crippen LogP contribution is 2.32. The molecule has 0 radical (unpaired) electrons. The minimum atomic E-state index is -0.394. The number of hydrazone groups is 1. The maximum atomic E-state index is 12.4. The second-order valence-electron chi connectivity index (χ2n) is 5.84. The number of aromatic hydroxyl groups is 1. The van der Waals surface area contributed by atoms with Gasteiger partial charge in [-0.3, -0.25) is 4.79 Å². The van der Waals surface area contributed by atoms with Crippen LogP contribution in [-0.2, 0) is 0 Å². The summed E-state index contributed by atoms with van der Waals surface area (Å²) in [6, 6.07) is 10.1. The summed E-state index contributed by atoms with van der Waals surface area (Å²) < 4.78 is 15.9. The molecule has 0 aliphatic carbocycles. The van der Waals surface area contributed by atoms with Gasteiger partial charge < -0.3 is 24.3 Å². The molecule has 1 heterocycles. The summed E-state index contributed by atoms with van der Waals surface area (Å²) >= 11 is 0. The van der Waals surface area contributed by atoms with Gasteiger partial charge in [-0.05, 0) is 42.8 Å². The predicted octanol–water partition coefficient (Wildman–Crippen LogP) is 3.05. The van der Waals surface area contributed by atoms with Crippen LogP contribution in [0.5, 0.6) is 23.0 Å². The molecule has 8 nitrogen and oxygen atoms in total. The molecule has 146 valence electrons. The molecule has 1 amide bonds. The predicted molar refractivity (Wildman–Crippen MR) is 106 cm³/mol. The number of aromatic amines is 1. The average molecular weight is 383 g/mol. The summed E-state index contributed by atoms with van der Waals surface area (Å²) in [4.78, 5) is 15.4. The number of nitrogens with one attached hydrogen (secondary N) is 2. The van der Waals surface area contributed by atoms with Crippen molar-refractivity contribution in [2.45, 2.75) is 6.92 Å². The van der Waals surface area contributed by atoms with E-state index < -0.39 is 5.91 Å². The van der Waals surface area contributed by atoms with Crippen molar-refractivity contribution in [2.75, 3.05) is 20.8 Å². The first kappa shape index (κ1) is 19.1. The molecular weight excluding hydrogens is 362 g/mol. The number of rotatable bonds is 7. The van der Waals surface area contributed by atoms with Gasteiger partial charge in [0.25, 0.3) is 5.91 Å². The number of methoxy groups -OCH3 is 2. The van der Waals surface area contributed by atoms with Crippen molar-refractivity contribution in [1.82, 2.24) is 10.4 Å². The van der Waals surface area contributed by atoms with E-state index in [0.717, 1.165) is 10.9 Å². The largest absolute Gasteiger partial charge is 0.504 e. The molecule has 2 aromatic carbocycles. The van der Waals surface area contributed by atoms with Gasteiger partial charge in [0.05, 0.1) is 27.0 Å². The lowest BCUT2D eigenvalue weighted by Gasteiger charge is -2.06. The second kappa shape index (κ2) is 8.34. The third-order valence-electron chi connectivity index (χ3n) is 4.03. The maximum Gasteiger partial charge on any atom is 0.287 e. The van der Waals surface area contributed by atoms with Crippen LogP contribution in [0.15, 0.2) is 41.5 Å². The topological polar surface area (TPSA) is 105 Å². The number of H-pyrrole nitrogens is 1. The Morgan fingerprint density at radius 2 is 1.89 bits per heavy atom. The lowest BCUT2D eigenvalue weighted by Crippen LogP contribution is -2.17. The van der Waals surface area contributed by atoms with Crippen molar-refractivity contribution in [3.8, 4) is 23.0 Å². The molecule has 0 saturated carbocycles. The molecule has 8 heteroatoms. The first-order valence-corrected chi connectivity index (χ1v) is 8.59. The Morgan fingerprint density at radius 1 is 1.14 bits per heavy atom. The number of aromatic nitrogens is 1. The lowest BCUT2D eigenvalue weighted by atomic mass is 10.2. The molecule has 0 aliphatic heterocycles. The minimum absolute atomic E-state index is 0.0481. The SMILES string of the molecule is CCOc1cc(C=NNC(=O)c2cc3cc(OC)c(OC)cc3[nH]2)ccc1O. The summed E-state index contributed by atoms with van der Waals surface area (Å²) in [6.07, 6.45) is 1.47.